The fraction of sp³-hybridized carbons (Fsp3) is 0.676. The molecule has 14 heteroatoms. The number of nitrogens with two attached hydrogens (primary N) is 1. The van der Waals surface area contributed by atoms with E-state index in [1.54, 1.807) is 12.1 Å². The molecule has 2 unspecified atom stereocenters. The molecule has 2 aromatic rings. The molecule has 11 nitrogen and oxygen atoms in total. The quantitative estimate of drug-likeness (QED) is 0.0818. The number of carbonyl (C=O) groups excluding carboxylic acids is 1. The first-order chi connectivity index (χ1) is 23.0. The van der Waals surface area contributed by atoms with Gasteiger partial charge in [-0.1, -0.05) is 103 Å². The number of esters is 1. The SMILES string of the molecule is CCCCCCCCCCCCCCCCC(=O)O[C@@H]1C(COP2(=O)OCc3c(C)cccc3O2)O[C@@H](n2ccc(N)nc2=O)C1(F)F. The Morgan fingerprint density at radius 1 is 1.02 bits per heavy atom. The van der Waals surface area contributed by atoms with Crippen molar-refractivity contribution >= 4 is 19.6 Å². The lowest BCUT2D eigenvalue weighted by Crippen LogP contribution is -2.44. The number of carbonyl (C=O) groups is 1. The van der Waals surface area contributed by atoms with Gasteiger partial charge in [0.1, 0.15) is 17.7 Å². The summed E-state index contributed by atoms with van der Waals surface area (Å²) in [4.78, 5) is 28.7. The Morgan fingerprint density at radius 2 is 1.65 bits per heavy atom. The minimum Gasteiger partial charge on any atom is -0.453 e. The highest BCUT2D eigenvalue weighted by Gasteiger charge is 2.63. The molecule has 0 radical (unpaired) electrons. The maximum Gasteiger partial charge on any atom is 0.530 e. The molecule has 1 saturated heterocycles. The van der Waals surface area contributed by atoms with E-state index in [1.165, 1.54) is 63.9 Å². The van der Waals surface area contributed by atoms with Crippen molar-refractivity contribution in [3.05, 3.63) is 52.1 Å². The number of hydrogen-bond donors (Lipinski definition) is 1. The molecule has 1 aromatic carbocycles. The Morgan fingerprint density at radius 3 is 2.27 bits per heavy atom. The van der Waals surface area contributed by atoms with Crippen molar-refractivity contribution in [3.63, 3.8) is 0 Å². The number of aromatic nitrogens is 2. The van der Waals surface area contributed by atoms with Crippen LogP contribution >= 0.6 is 7.82 Å². The first-order valence-corrected chi connectivity index (χ1v) is 18.7. The van der Waals surface area contributed by atoms with Crippen LogP contribution in [0.2, 0.25) is 0 Å². The van der Waals surface area contributed by atoms with Crippen LogP contribution in [0.25, 0.3) is 0 Å². The van der Waals surface area contributed by atoms with Crippen molar-refractivity contribution in [3.8, 4) is 5.75 Å². The second kappa shape index (κ2) is 18.2. The van der Waals surface area contributed by atoms with E-state index >= 15 is 8.78 Å². The molecule has 268 valence electrons. The summed E-state index contributed by atoms with van der Waals surface area (Å²) in [6, 6.07) is 6.31. The number of anilines is 1. The molecule has 2 N–H and O–H groups in total. The molecule has 3 heterocycles. The first kappa shape index (κ1) is 38.0. The van der Waals surface area contributed by atoms with E-state index < -0.39 is 50.4 Å². The van der Waals surface area contributed by atoms with Crippen LogP contribution in [-0.4, -0.2) is 40.3 Å². The third kappa shape index (κ3) is 10.6. The van der Waals surface area contributed by atoms with Gasteiger partial charge < -0.3 is 19.7 Å². The Hall–Kier alpha value is -2.86. The molecule has 0 amide bonds. The number of aryl methyl sites for hydroxylation is 1. The average molecular weight is 698 g/mol. The minimum absolute atomic E-state index is 0.0624. The molecule has 1 aromatic heterocycles. The van der Waals surface area contributed by atoms with Gasteiger partial charge in [-0.05, 0) is 31.0 Å². The van der Waals surface area contributed by atoms with Crippen molar-refractivity contribution in [1.29, 1.82) is 0 Å². The second-order valence-corrected chi connectivity index (χ2v) is 14.3. The topological polar surface area (TPSA) is 141 Å². The summed E-state index contributed by atoms with van der Waals surface area (Å²) >= 11 is 0. The number of nitrogens with zero attached hydrogens (tertiary/aromatic N) is 2. The molecule has 2 aliphatic rings. The summed E-state index contributed by atoms with van der Waals surface area (Å²) in [6.45, 7) is 3.25. The van der Waals surface area contributed by atoms with Crippen molar-refractivity contribution in [2.75, 3.05) is 12.3 Å². The van der Waals surface area contributed by atoms with Crippen LogP contribution in [0, 0.1) is 6.92 Å². The Bertz CT molecular complexity index is 1440. The molecular weight excluding hydrogens is 647 g/mol. The highest BCUT2D eigenvalue weighted by atomic mass is 31.2. The van der Waals surface area contributed by atoms with Gasteiger partial charge in [-0.2, -0.15) is 13.8 Å². The second-order valence-electron chi connectivity index (χ2n) is 12.7. The molecule has 4 rings (SSSR count). The predicted molar refractivity (Wildman–Crippen MR) is 177 cm³/mol. The van der Waals surface area contributed by atoms with E-state index in [0.717, 1.165) is 37.4 Å². The molecule has 4 atom stereocenters. The van der Waals surface area contributed by atoms with Crippen LogP contribution in [0.3, 0.4) is 0 Å². The number of unbranched alkanes of at least 4 members (excludes halogenated alkanes) is 13. The van der Waals surface area contributed by atoms with Gasteiger partial charge in [-0.15, -0.1) is 0 Å². The lowest BCUT2D eigenvalue weighted by Gasteiger charge is -2.27. The molecule has 0 spiro atoms. The maximum absolute atomic E-state index is 15.9. The van der Waals surface area contributed by atoms with Crippen molar-refractivity contribution in [2.24, 2.45) is 0 Å². The number of fused-ring (bicyclic) bond motifs is 1. The van der Waals surface area contributed by atoms with Gasteiger partial charge in [0.15, 0.2) is 6.10 Å². The smallest absolute Gasteiger partial charge is 0.453 e. The fourth-order valence-electron chi connectivity index (χ4n) is 5.98. The summed E-state index contributed by atoms with van der Waals surface area (Å²) in [7, 11) is -4.24. The third-order valence-corrected chi connectivity index (χ3v) is 10.1. The molecular formula is C34H50F2N3O8P. The van der Waals surface area contributed by atoms with Gasteiger partial charge in [0.25, 0.3) is 0 Å². The Labute approximate surface area is 281 Å². The Balaban J connectivity index is 1.27. The summed E-state index contributed by atoms with van der Waals surface area (Å²) in [5, 5.41) is 0. The molecule has 1 fully saturated rings. The summed E-state index contributed by atoms with van der Waals surface area (Å²) in [5.41, 5.74) is 5.99. The number of rotatable bonds is 20. The zero-order chi connectivity index (χ0) is 34.6. The zero-order valence-electron chi connectivity index (χ0n) is 28.1. The normalized spacial score (nSPS) is 23.0. The number of nitrogen functional groups attached to an aromatic ring is 1. The number of phosphoric ester groups is 1. The van der Waals surface area contributed by atoms with E-state index in [-0.39, 0.29) is 24.6 Å². The highest BCUT2D eigenvalue weighted by Crippen LogP contribution is 2.56. The lowest BCUT2D eigenvalue weighted by atomic mass is 10.0. The summed E-state index contributed by atoms with van der Waals surface area (Å²) < 4.78 is 72.6. The van der Waals surface area contributed by atoms with Crippen LogP contribution in [0.15, 0.2) is 35.3 Å². The largest absolute Gasteiger partial charge is 0.530 e. The van der Waals surface area contributed by atoms with E-state index in [9.17, 15) is 14.2 Å². The average Bonchev–Trinajstić information content (AvgIpc) is 3.28. The molecule has 2 aliphatic heterocycles. The highest BCUT2D eigenvalue weighted by molar-refractivity contribution is 7.49. The van der Waals surface area contributed by atoms with Crippen LogP contribution in [-0.2, 0) is 34.5 Å². The number of phosphoric acid groups is 1. The van der Waals surface area contributed by atoms with Crippen molar-refractivity contribution < 1.29 is 41.2 Å². The molecule has 0 saturated carbocycles. The van der Waals surface area contributed by atoms with Crippen LogP contribution in [0.4, 0.5) is 14.6 Å². The fourth-order valence-corrected chi connectivity index (χ4v) is 7.19. The number of alkyl halides is 2. The van der Waals surface area contributed by atoms with Crippen molar-refractivity contribution in [2.45, 2.75) is 141 Å². The third-order valence-electron chi connectivity index (χ3n) is 8.79. The zero-order valence-corrected chi connectivity index (χ0v) is 29.0. The van der Waals surface area contributed by atoms with Gasteiger partial charge in [0.2, 0.25) is 6.23 Å². The van der Waals surface area contributed by atoms with E-state index in [4.69, 9.17) is 28.8 Å². The van der Waals surface area contributed by atoms with Crippen LogP contribution in [0.1, 0.15) is 121 Å². The maximum atomic E-state index is 15.9. The summed E-state index contributed by atoms with van der Waals surface area (Å²) in [6.07, 6.45) is 11.0. The van der Waals surface area contributed by atoms with E-state index in [0.29, 0.717) is 16.6 Å². The van der Waals surface area contributed by atoms with Gasteiger partial charge in [-0.25, -0.2) is 9.36 Å². The van der Waals surface area contributed by atoms with Crippen LogP contribution in [0.5, 0.6) is 5.75 Å². The number of halogens is 2. The van der Waals surface area contributed by atoms with Gasteiger partial charge >= 0.3 is 25.4 Å². The molecule has 0 bridgehead atoms. The predicted octanol–water partition coefficient (Wildman–Crippen LogP) is 8.18. The number of hydrogen-bond acceptors (Lipinski definition) is 10. The van der Waals surface area contributed by atoms with Gasteiger partial charge in [0, 0.05) is 18.2 Å². The number of ether oxygens (including phenoxy) is 2. The Kier molecular flexibility index (Phi) is 14.4. The standard InChI is InChI=1S/C34H50F2N3O8P/c1-3-4-5-6-7-8-9-10-11-12-13-14-15-16-20-30(40)46-31-28(45-32(34(31,35)36)39-22-21-29(37)38-33(39)41)24-44-48(42)43-23-26-25(2)18-17-19-27(26)47-48/h17-19,21-22,28,31-32H,3-16,20,23-24H2,1-2H3,(H2,37,38,41)/t28?,31-,32-,48?/m1/s1. The lowest BCUT2D eigenvalue weighted by molar-refractivity contribution is -0.176. The first-order valence-electron chi connectivity index (χ1n) is 17.3. The molecule has 48 heavy (non-hydrogen) atoms. The summed E-state index contributed by atoms with van der Waals surface area (Å²) in [5.74, 6) is -4.59. The van der Waals surface area contributed by atoms with E-state index in [2.05, 4.69) is 11.9 Å². The van der Waals surface area contributed by atoms with Gasteiger partial charge in [-0.3, -0.25) is 18.4 Å². The van der Waals surface area contributed by atoms with E-state index in [1.807, 2.05) is 13.0 Å². The van der Waals surface area contributed by atoms with Crippen molar-refractivity contribution in [1.82, 2.24) is 9.55 Å². The molecule has 0 aliphatic carbocycles. The van der Waals surface area contributed by atoms with Gasteiger partial charge in [0.05, 0.1) is 13.2 Å². The van der Waals surface area contributed by atoms with Crippen LogP contribution < -0.4 is 15.9 Å². The minimum atomic E-state index is -4.24. The number of benzene rings is 1. The monoisotopic (exact) mass is 697 g/mol.